The summed E-state index contributed by atoms with van der Waals surface area (Å²) in [6.07, 6.45) is 8.34. The Labute approximate surface area is 161 Å². The highest BCUT2D eigenvalue weighted by molar-refractivity contribution is 5.77. The fourth-order valence-electron chi connectivity index (χ4n) is 4.58. The number of benzene rings is 1. The van der Waals surface area contributed by atoms with E-state index in [0.717, 1.165) is 44.4 Å². The van der Waals surface area contributed by atoms with Crippen LogP contribution < -0.4 is 0 Å². The zero-order valence-corrected chi connectivity index (χ0v) is 16.0. The van der Waals surface area contributed by atoms with Crippen molar-refractivity contribution in [2.75, 3.05) is 33.0 Å². The standard InChI is InChI=1S/C22H30N2O3/c25-22(24-12-10-23(11-13-24)20-8-4-5-9-20)15-19(21-16-26-17-27-21)14-18-6-2-1-3-7-18/h1-3,6-7,16,19-20H,4-5,8-15,17H2. The van der Waals surface area contributed by atoms with E-state index in [1.54, 1.807) is 6.26 Å². The Bertz CT molecular complexity index is 647. The van der Waals surface area contributed by atoms with Gasteiger partial charge in [-0.05, 0) is 24.8 Å². The molecule has 0 spiro atoms. The van der Waals surface area contributed by atoms with Crippen LogP contribution >= 0.6 is 0 Å². The zero-order chi connectivity index (χ0) is 18.5. The van der Waals surface area contributed by atoms with Crippen LogP contribution in [0.25, 0.3) is 0 Å². The van der Waals surface area contributed by atoms with E-state index in [0.29, 0.717) is 6.42 Å². The number of nitrogens with zero attached hydrogens (tertiary/aromatic N) is 2. The van der Waals surface area contributed by atoms with Crippen LogP contribution in [0.3, 0.4) is 0 Å². The van der Waals surface area contributed by atoms with E-state index >= 15 is 0 Å². The van der Waals surface area contributed by atoms with Gasteiger partial charge in [0.05, 0.1) is 0 Å². The fourth-order valence-corrected chi connectivity index (χ4v) is 4.58. The summed E-state index contributed by atoms with van der Waals surface area (Å²) in [5.41, 5.74) is 1.22. The third-order valence-electron chi connectivity index (χ3n) is 6.15. The van der Waals surface area contributed by atoms with E-state index in [2.05, 4.69) is 17.0 Å². The maximum atomic E-state index is 13.0. The van der Waals surface area contributed by atoms with Crippen molar-refractivity contribution >= 4 is 5.91 Å². The fraction of sp³-hybridized carbons (Fsp3) is 0.591. The highest BCUT2D eigenvalue weighted by Gasteiger charge is 2.30. The minimum atomic E-state index is 0.0373. The van der Waals surface area contributed by atoms with Gasteiger partial charge in [0, 0.05) is 44.6 Å². The molecule has 1 amide bonds. The minimum absolute atomic E-state index is 0.0373. The van der Waals surface area contributed by atoms with Crippen LogP contribution in [0.15, 0.2) is 42.4 Å². The molecular weight excluding hydrogens is 340 g/mol. The number of allylic oxidation sites excluding steroid dienone is 1. The number of hydrogen-bond donors (Lipinski definition) is 0. The molecule has 0 bridgehead atoms. The van der Waals surface area contributed by atoms with Crippen molar-refractivity contribution in [2.45, 2.75) is 44.6 Å². The lowest BCUT2D eigenvalue weighted by Crippen LogP contribution is -2.51. The lowest BCUT2D eigenvalue weighted by Gasteiger charge is -2.38. The third-order valence-corrected chi connectivity index (χ3v) is 6.15. The third kappa shape index (κ3) is 4.64. The second kappa shape index (κ2) is 8.79. The molecule has 27 heavy (non-hydrogen) atoms. The average molecular weight is 370 g/mol. The van der Waals surface area contributed by atoms with Crippen molar-refractivity contribution in [3.8, 4) is 0 Å². The second-order valence-corrected chi connectivity index (χ2v) is 7.89. The molecule has 2 heterocycles. The van der Waals surface area contributed by atoms with E-state index in [-0.39, 0.29) is 18.6 Å². The van der Waals surface area contributed by atoms with Crippen molar-refractivity contribution in [2.24, 2.45) is 5.92 Å². The maximum Gasteiger partial charge on any atom is 0.229 e. The summed E-state index contributed by atoms with van der Waals surface area (Å²) < 4.78 is 10.9. The topological polar surface area (TPSA) is 42.0 Å². The van der Waals surface area contributed by atoms with Crippen molar-refractivity contribution in [3.63, 3.8) is 0 Å². The SMILES string of the molecule is O=C(CC(Cc1ccccc1)C1=COCO1)N1CCN(C2CCCC2)CC1. The average Bonchev–Trinajstić information content (AvgIpc) is 3.42. The molecule has 3 aliphatic rings. The molecule has 5 nitrogen and oxygen atoms in total. The van der Waals surface area contributed by atoms with Gasteiger partial charge in [-0.15, -0.1) is 0 Å². The first-order valence-electron chi connectivity index (χ1n) is 10.3. The van der Waals surface area contributed by atoms with Gasteiger partial charge in [-0.3, -0.25) is 9.69 Å². The molecule has 1 saturated carbocycles. The van der Waals surface area contributed by atoms with Crippen LogP contribution in [0.2, 0.25) is 0 Å². The first-order valence-corrected chi connectivity index (χ1v) is 10.3. The smallest absolute Gasteiger partial charge is 0.229 e. The number of piperazine rings is 1. The molecule has 1 aromatic carbocycles. The Morgan fingerprint density at radius 2 is 1.81 bits per heavy atom. The Morgan fingerprint density at radius 3 is 2.48 bits per heavy atom. The summed E-state index contributed by atoms with van der Waals surface area (Å²) in [5, 5.41) is 0. The molecule has 1 aliphatic carbocycles. The Hall–Kier alpha value is -2.01. The van der Waals surface area contributed by atoms with Gasteiger partial charge in [-0.25, -0.2) is 0 Å². The lowest BCUT2D eigenvalue weighted by atomic mass is 9.94. The summed E-state index contributed by atoms with van der Waals surface area (Å²) >= 11 is 0. The van der Waals surface area contributed by atoms with Gasteiger partial charge in [0.2, 0.25) is 12.7 Å². The second-order valence-electron chi connectivity index (χ2n) is 7.89. The van der Waals surface area contributed by atoms with Crippen LogP contribution in [0.4, 0.5) is 0 Å². The Morgan fingerprint density at radius 1 is 1.07 bits per heavy atom. The van der Waals surface area contributed by atoms with Crippen LogP contribution in [0, 0.1) is 5.92 Å². The molecule has 1 aromatic rings. The molecule has 2 fully saturated rings. The van der Waals surface area contributed by atoms with E-state index in [1.165, 1.54) is 31.2 Å². The molecule has 2 aliphatic heterocycles. The minimum Gasteiger partial charge on any atom is -0.462 e. The van der Waals surface area contributed by atoms with Gasteiger partial charge in [0.15, 0.2) is 0 Å². The van der Waals surface area contributed by atoms with Gasteiger partial charge >= 0.3 is 0 Å². The van der Waals surface area contributed by atoms with E-state index < -0.39 is 0 Å². The number of rotatable bonds is 6. The van der Waals surface area contributed by atoms with Crippen molar-refractivity contribution in [1.82, 2.24) is 9.80 Å². The summed E-state index contributed by atoms with van der Waals surface area (Å²) in [6.45, 7) is 3.99. The molecule has 1 atom stereocenters. The molecule has 5 heteroatoms. The zero-order valence-electron chi connectivity index (χ0n) is 16.0. The van der Waals surface area contributed by atoms with E-state index in [4.69, 9.17) is 9.47 Å². The van der Waals surface area contributed by atoms with Gasteiger partial charge < -0.3 is 14.4 Å². The quantitative estimate of drug-likeness (QED) is 0.771. The molecule has 0 N–H and O–H groups in total. The number of hydrogen-bond acceptors (Lipinski definition) is 4. The molecule has 4 rings (SSSR count). The van der Waals surface area contributed by atoms with Crippen LogP contribution in [-0.2, 0) is 20.7 Å². The maximum absolute atomic E-state index is 13.0. The molecule has 146 valence electrons. The number of ether oxygens (including phenoxy) is 2. The van der Waals surface area contributed by atoms with E-state index in [9.17, 15) is 4.79 Å². The monoisotopic (exact) mass is 370 g/mol. The lowest BCUT2D eigenvalue weighted by molar-refractivity contribution is -0.134. The van der Waals surface area contributed by atoms with Crippen LogP contribution in [0.5, 0.6) is 0 Å². The number of carbonyl (C=O) groups is 1. The van der Waals surface area contributed by atoms with Crippen molar-refractivity contribution in [3.05, 3.63) is 47.9 Å². The van der Waals surface area contributed by atoms with Crippen LogP contribution in [-0.4, -0.2) is 54.7 Å². The molecular formula is C22H30N2O3. The van der Waals surface area contributed by atoms with E-state index in [1.807, 2.05) is 23.1 Å². The van der Waals surface area contributed by atoms with Gasteiger partial charge in [0.25, 0.3) is 0 Å². The summed E-state index contributed by atoms with van der Waals surface area (Å²) in [4.78, 5) is 17.6. The highest BCUT2D eigenvalue weighted by atomic mass is 16.7. The highest BCUT2D eigenvalue weighted by Crippen LogP contribution is 2.27. The Kier molecular flexibility index (Phi) is 5.97. The van der Waals surface area contributed by atoms with Gasteiger partial charge in [0.1, 0.15) is 12.0 Å². The summed E-state index contributed by atoms with van der Waals surface area (Å²) in [5.74, 6) is 1.07. The summed E-state index contributed by atoms with van der Waals surface area (Å²) in [6, 6.07) is 11.1. The van der Waals surface area contributed by atoms with Crippen LogP contribution in [0.1, 0.15) is 37.7 Å². The molecule has 1 saturated heterocycles. The molecule has 1 unspecified atom stereocenters. The predicted molar refractivity (Wildman–Crippen MR) is 104 cm³/mol. The van der Waals surface area contributed by atoms with Gasteiger partial charge in [-0.1, -0.05) is 43.2 Å². The first kappa shape index (κ1) is 18.4. The van der Waals surface area contributed by atoms with Crippen molar-refractivity contribution < 1.29 is 14.3 Å². The normalized spacial score (nSPS) is 22.2. The Balaban J connectivity index is 1.34. The number of carbonyl (C=O) groups excluding carboxylic acids is 1. The molecule has 0 aromatic heterocycles. The largest absolute Gasteiger partial charge is 0.462 e. The van der Waals surface area contributed by atoms with Crippen molar-refractivity contribution in [1.29, 1.82) is 0 Å². The van der Waals surface area contributed by atoms with Gasteiger partial charge in [-0.2, -0.15) is 0 Å². The molecule has 0 radical (unpaired) electrons. The predicted octanol–water partition coefficient (Wildman–Crippen LogP) is 3.17. The first-order chi connectivity index (χ1) is 13.3. The number of amides is 1. The summed E-state index contributed by atoms with van der Waals surface area (Å²) in [7, 11) is 0.